The Morgan fingerprint density at radius 2 is 1.93 bits per heavy atom. The van der Waals surface area contributed by atoms with Gasteiger partial charge in [0, 0.05) is 27.4 Å². The Morgan fingerprint density at radius 3 is 2.64 bits per heavy atom. The molecule has 0 aliphatic heterocycles. The average Bonchev–Trinajstić information content (AvgIpc) is 2.64. The maximum atomic E-state index is 11.9. The van der Waals surface area contributed by atoms with E-state index in [4.69, 9.17) is 17.3 Å². The van der Waals surface area contributed by atoms with E-state index in [1.165, 1.54) is 11.6 Å². The van der Waals surface area contributed by atoms with Crippen molar-refractivity contribution in [3.63, 3.8) is 0 Å². The van der Waals surface area contributed by atoms with E-state index >= 15 is 0 Å². The second kappa shape index (κ2) is 8.95. The number of hydrogen-bond donors (Lipinski definition) is 3. The van der Waals surface area contributed by atoms with Gasteiger partial charge in [-0.05, 0) is 61.4 Å². The van der Waals surface area contributed by atoms with Crippen molar-refractivity contribution in [1.29, 1.82) is 0 Å². The van der Waals surface area contributed by atoms with Gasteiger partial charge in [0.15, 0.2) is 0 Å². The number of aromatic amines is 1. The van der Waals surface area contributed by atoms with Crippen molar-refractivity contribution in [3.8, 4) is 0 Å². The number of guanidine groups is 1. The molecule has 4 N–H and O–H groups in total. The summed E-state index contributed by atoms with van der Waals surface area (Å²) in [7, 11) is 0. The molecule has 0 saturated heterocycles. The first-order valence-corrected chi connectivity index (χ1v) is 9.92. The molecular formula is C20H20ClN5OS. The van der Waals surface area contributed by atoms with Crippen LogP contribution in [0.5, 0.6) is 0 Å². The molecule has 0 bridgehead atoms. The molecule has 8 heteroatoms. The third kappa shape index (κ3) is 5.61. The molecule has 144 valence electrons. The Bertz CT molecular complexity index is 1060. The monoisotopic (exact) mass is 413 g/mol. The topological polar surface area (TPSA) is 96.2 Å². The Balaban J connectivity index is 1.72. The summed E-state index contributed by atoms with van der Waals surface area (Å²) in [5, 5.41) is 3.69. The van der Waals surface area contributed by atoms with E-state index in [2.05, 4.69) is 20.3 Å². The number of H-pyrrole nitrogens is 1. The summed E-state index contributed by atoms with van der Waals surface area (Å²) in [6.45, 7) is 4.06. The van der Waals surface area contributed by atoms with Crippen LogP contribution >= 0.6 is 23.4 Å². The standard InChI is InChI=1S/C20H20ClN5OS/c1-12-3-6-15(9-13(12)2)23-19(22)26-20-24-16(10-18(27)25-20)11-28-17-7-4-14(21)5-8-17/h3-10H,11H2,1-2H3,(H4,22,23,24,25,26,27). The van der Waals surface area contributed by atoms with E-state index in [9.17, 15) is 4.79 Å². The Hall–Kier alpha value is -2.77. The summed E-state index contributed by atoms with van der Waals surface area (Å²) in [5.41, 5.74) is 9.46. The zero-order valence-corrected chi connectivity index (χ0v) is 17.1. The van der Waals surface area contributed by atoms with Gasteiger partial charge in [-0.15, -0.1) is 11.8 Å². The molecule has 0 unspecified atom stereocenters. The Morgan fingerprint density at radius 1 is 1.18 bits per heavy atom. The average molecular weight is 414 g/mol. The van der Waals surface area contributed by atoms with Crippen LogP contribution in [0.25, 0.3) is 0 Å². The second-order valence-corrected chi connectivity index (χ2v) is 7.71. The molecule has 28 heavy (non-hydrogen) atoms. The lowest BCUT2D eigenvalue weighted by Gasteiger charge is -2.08. The van der Waals surface area contributed by atoms with Gasteiger partial charge in [-0.2, -0.15) is 4.99 Å². The van der Waals surface area contributed by atoms with Gasteiger partial charge in [0.25, 0.3) is 5.56 Å². The van der Waals surface area contributed by atoms with E-state index in [-0.39, 0.29) is 17.5 Å². The molecule has 0 aliphatic carbocycles. The number of rotatable bonds is 5. The molecule has 0 aliphatic rings. The lowest BCUT2D eigenvalue weighted by atomic mass is 10.1. The Labute approximate surface area is 172 Å². The number of halogens is 1. The van der Waals surface area contributed by atoms with Crippen LogP contribution < -0.4 is 16.6 Å². The molecule has 1 aromatic heterocycles. The van der Waals surface area contributed by atoms with Crippen molar-refractivity contribution >= 4 is 41.0 Å². The van der Waals surface area contributed by atoms with Crippen molar-refractivity contribution in [1.82, 2.24) is 9.97 Å². The van der Waals surface area contributed by atoms with Gasteiger partial charge >= 0.3 is 0 Å². The molecule has 2 aromatic carbocycles. The molecule has 6 nitrogen and oxygen atoms in total. The van der Waals surface area contributed by atoms with Crippen LogP contribution in [0.15, 0.2) is 63.2 Å². The maximum Gasteiger partial charge on any atom is 0.252 e. The van der Waals surface area contributed by atoms with E-state index in [0.29, 0.717) is 16.5 Å². The molecule has 0 amide bonds. The van der Waals surface area contributed by atoms with Crippen molar-refractivity contribution in [2.45, 2.75) is 24.5 Å². The van der Waals surface area contributed by atoms with Gasteiger partial charge in [0.1, 0.15) is 0 Å². The molecule has 0 radical (unpaired) electrons. The fraction of sp³-hybridized carbons (Fsp3) is 0.150. The van der Waals surface area contributed by atoms with Crippen LogP contribution in [0.1, 0.15) is 16.8 Å². The summed E-state index contributed by atoms with van der Waals surface area (Å²) >= 11 is 7.45. The van der Waals surface area contributed by atoms with Crippen molar-refractivity contribution in [2.75, 3.05) is 5.32 Å². The number of aromatic nitrogens is 2. The number of benzene rings is 2. The highest BCUT2D eigenvalue weighted by molar-refractivity contribution is 7.98. The third-order valence-corrected chi connectivity index (χ3v) is 5.29. The van der Waals surface area contributed by atoms with E-state index in [0.717, 1.165) is 16.1 Å². The summed E-state index contributed by atoms with van der Waals surface area (Å²) in [5.74, 6) is 0.834. The number of aliphatic imine (C=N–C) groups is 1. The summed E-state index contributed by atoms with van der Waals surface area (Å²) < 4.78 is 0. The van der Waals surface area contributed by atoms with Gasteiger partial charge in [-0.3, -0.25) is 9.78 Å². The highest BCUT2D eigenvalue weighted by Crippen LogP contribution is 2.23. The first kappa shape index (κ1) is 20.0. The third-order valence-electron chi connectivity index (χ3n) is 3.99. The highest BCUT2D eigenvalue weighted by atomic mass is 35.5. The number of nitrogens with zero attached hydrogens (tertiary/aromatic N) is 2. The predicted octanol–water partition coefficient (Wildman–Crippen LogP) is 4.39. The lowest BCUT2D eigenvalue weighted by Crippen LogP contribution is -2.22. The van der Waals surface area contributed by atoms with E-state index < -0.39 is 0 Å². The van der Waals surface area contributed by atoms with Gasteiger partial charge < -0.3 is 11.1 Å². The smallest absolute Gasteiger partial charge is 0.252 e. The Kier molecular flexibility index (Phi) is 6.38. The molecule has 0 spiro atoms. The fourth-order valence-electron chi connectivity index (χ4n) is 2.42. The van der Waals surface area contributed by atoms with E-state index in [1.807, 2.05) is 56.3 Å². The zero-order valence-electron chi connectivity index (χ0n) is 15.5. The number of hydrogen-bond acceptors (Lipinski definition) is 4. The first-order valence-electron chi connectivity index (χ1n) is 8.56. The summed E-state index contributed by atoms with van der Waals surface area (Å²) in [6.07, 6.45) is 0. The fourth-order valence-corrected chi connectivity index (χ4v) is 3.33. The summed E-state index contributed by atoms with van der Waals surface area (Å²) in [6, 6.07) is 14.8. The quantitative estimate of drug-likeness (QED) is 0.327. The van der Waals surface area contributed by atoms with Crippen LogP contribution in [-0.2, 0) is 5.75 Å². The molecule has 1 heterocycles. The van der Waals surface area contributed by atoms with Gasteiger partial charge in [-0.25, -0.2) is 4.98 Å². The van der Waals surface area contributed by atoms with Crippen LogP contribution in [0.2, 0.25) is 5.02 Å². The van der Waals surface area contributed by atoms with Gasteiger partial charge in [0.2, 0.25) is 11.9 Å². The van der Waals surface area contributed by atoms with Crippen molar-refractivity contribution < 1.29 is 0 Å². The maximum absolute atomic E-state index is 11.9. The first-order chi connectivity index (χ1) is 13.4. The van der Waals surface area contributed by atoms with Crippen LogP contribution in [0.3, 0.4) is 0 Å². The SMILES string of the molecule is Cc1ccc(N/C(N)=N\c2nc(CSc3ccc(Cl)cc3)cc(=O)[nH]2)cc1C. The number of nitrogens with one attached hydrogen (secondary N) is 2. The molecule has 0 saturated carbocycles. The van der Waals surface area contributed by atoms with Crippen LogP contribution in [-0.4, -0.2) is 15.9 Å². The number of thioether (sulfide) groups is 1. The minimum absolute atomic E-state index is 0.147. The van der Waals surface area contributed by atoms with Crippen molar-refractivity contribution in [2.24, 2.45) is 10.7 Å². The molecule has 3 rings (SSSR count). The van der Waals surface area contributed by atoms with Gasteiger partial charge in [-0.1, -0.05) is 17.7 Å². The molecule has 0 atom stereocenters. The minimum atomic E-state index is -0.278. The summed E-state index contributed by atoms with van der Waals surface area (Å²) in [4.78, 5) is 24.1. The molecular weight excluding hydrogens is 394 g/mol. The number of anilines is 1. The van der Waals surface area contributed by atoms with Gasteiger partial charge in [0.05, 0.1) is 5.69 Å². The highest BCUT2D eigenvalue weighted by Gasteiger charge is 2.04. The van der Waals surface area contributed by atoms with E-state index in [1.54, 1.807) is 11.8 Å². The predicted molar refractivity (Wildman–Crippen MR) is 117 cm³/mol. The minimum Gasteiger partial charge on any atom is -0.369 e. The molecule has 3 aromatic rings. The molecule has 0 fully saturated rings. The second-order valence-electron chi connectivity index (χ2n) is 6.22. The van der Waals surface area contributed by atoms with Crippen LogP contribution in [0, 0.1) is 13.8 Å². The van der Waals surface area contributed by atoms with Crippen LogP contribution in [0.4, 0.5) is 11.6 Å². The number of aryl methyl sites for hydroxylation is 2. The normalized spacial score (nSPS) is 11.5. The largest absolute Gasteiger partial charge is 0.369 e. The lowest BCUT2D eigenvalue weighted by molar-refractivity contribution is 1.04. The number of nitrogens with two attached hydrogens (primary N) is 1. The van der Waals surface area contributed by atoms with Crippen molar-refractivity contribution in [3.05, 3.63) is 80.7 Å². The zero-order chi connectivity index (χ0) is 20.1.